The Morgan fingerprint density at radius 3 is 2.23 bits per heavy atom. The third-order valence-corrected chi connectivity index (χ3v) is 8.83. The van der Waals surface area contributed by atoms with Gasteiger partial charge in [0, 0.05) is 13.1 Å². The fraction of sp³-hybridized carbons (Fsp3) is 0.333. The highest BCUT2D eigenvalue weighted by Gasteiger charge is 2.33. The van der Waals surface area contributed by atoms with Crippen molar-refractivity contribution in [2.75, 3.05) is 17.4 Å². The average molecular weight is 605 g/mol. The molecule has 3 rings (SSSR count). The van der Waals surface area contributed by atoms with Crippen LogP contribution >= 0.6 is 23.2 Å². The fourth-order valence-electron chi connectivity index (χ4n) is 4.24. The molecule has 0 fully saturated rings. The second kappa shape index (κ2) is 14.0. The number of hydrogen-bond acceptors (Lipinski definition) is 4. The highest BCUT2D eigenvalue weighted by molar-refractivity contribution is 7.92. The highest BCUT2D eigenvalue weighted by Crippen LogP contribution is 2.31. The molecule has 1 atom stereocenters. The quantitative estimate of drug-likeness (QED) is 0.272. The number of halogens is 2. The van der Waals surface area contributed by atoms with E-state index in [1.165, 1.54) is 35.2 Å². The van der Waals surface area contributed by atoms with Crippen molar-refractivity contribution in [3.8, 4) is 0 Å². The smallest absolute Gasteiger partial charge is 0.264 e. The molecule has 0 saturated heterocycles. The number of amides is 2. The van der Waals surface area contributed by atoms with E-state index >= 15 is 0 Å². The third kappa shape index (κ3) is 7.99. The van der Waals surface area contributed by atoms with Gasteiger partial charge in [-0.05, 0) is 55.2 Å². The van der Waals surface area contributed by atoms with E-state index in [1.54, 1.807) is 18.2 Å². The van der Waals surface area contributed by atoms with Gasteiger partial charge in [0.1, 0.15) is 12.6 Å². The molecule has 0 aliphatic heterocycles. The standard InChI is InChI=1S/C30H35Cl2N3O4S/c1-5-28(30(37)33-18-21(2)3)34(19-23-11-9-10-22(4)16-23)29(36)20-35(24-14-15-26(31)27(32)17-24)40(38,39)25-12-7-6-8-13-25/h6-17,21,28H,5,18-20H2,1-4H3,(H,33,37)/t28-/m1/s1. The van der Waals surface area contributed by atoms with Crippen molar-refractivity contribution in [1.82, 2.24) is 10.2 Å². The molecule has 10 heteroatoms. The van der Waals surface area contributed by atoms with Crippen LogP contribution in [-0.4, -0.2) is 44.3 Å². The van der Waals surface area contributed by atoms with Crippen molar-refractivity contribution < 1.29 is 18.0 Å². The largest absolute Gasteiger partial charge is 0.354 e. The van der Waals surface area contributed by atoms with Crippen molar-refractivity contribution in [3.05, 3.63) is 94.0 Å². The first-order valence-electron chi connectivity index (χ1n) is 13.1. The second-order valence-electron chi connectivity index (χ2n) is 10.00. The Labute approximate surface area is 247 Å². The van der Waals surface area contributed by atoms with Crippen LogP contribution in [0.4, 0.5) is 5.69 Å². The Morgan fingerprint density at radius 1 is 0.925 bits per heavy atom. The van der Waals surface area contributed by atoms with Crippen LogP contribution in [0.1, 0.15) is 38.3 Å². The molecular weight excluding hydrogens is 569 g/mol. The maximum atomic E-state index is 14.1. The maximum absolute atomic E-state index is 14.1. The number of carbonyl (C=O) groups is 2. The molecule has 0 saturated carbocycles. The number of aryl methyl sites for hydroxylation is 1. The molecule has 40 heavy (non-hydrogen) atoms. The number of hydrogen-bond donors (Lipinski definition) is 1. The van der Waals surface area contributed by atoms with E-state index in [9.17, 15) is 18.0 Å². The SMILES string of the molecule is CC[C@H](C(=O)NCC(C)C)N(Cc1cccc(C)c1)C(=O)CN(c1ccc(Cl)c(Cl)c1)S(=O)(=O)c1ccccc1. The normalized spacial score (nSPS) is 12.2. The zero-order valence-electron chi connectivity index (χ0n) is 23.1. The van der Waals surface area contributed by atoms with Gasteiger partial charge in [-0.2, -0.15) is 0 Å². The van der Waals surface area contributed by atoms with Gasteiger partial charge in [0.25, 0.3) is 10.0 Å². The zero-order chi connectivity index (χ0) is 29.4. The molecule has 0 unspecified atom stereocenters. The zero-order valence-corrected chi connectivity index (χ0v) is 25.4. The average Bonchev–Trinajstić information content (AvgIpc) is 2.92. The summed E-state index contributed by atoms with van der Waals surface area (Å²) in [5.74, 6) is -0.591. The molecule has 0 radical (unpaired) electrons. The van der Waals surface area contributed by atoms with E-state index in [1.807, 2.05) is 52.0 Å². The molecule has 0 spiro atoms. The molecule has 214 valence electrons. The number of rotatable bonds is 12. The molecule has 1 N–H and O–H groups in total. The summed E-state index contributed by atoms with van der Waals surface area (Å²) in [7, 11) is -4.18. The molecule has 0 aromatic heterocycles. The molecule has 3 aromatic rings. The van der Waals surface area contributed by atoms with Crippen LogP contribution in [0.2, 0.25) is 10.0 Å². The summed E-state index contributed by atoms with van der Waals surface area (Å²) in [5, 5.41) is 3.33. The van der Waals surface area contributed by atoms with Gasteiger partial charge < -0.3 is 10.2 Å². The predicted octanol–water partition coefficient (Wildman–Crippen LogP) is 6.08. The van der Waals surface area contributed by atoms with Gasteiger partial charge in [0.05, 0.1) is 20.6 Å². The summed E-state index contributed by atoms with van der Waals surface area (Å²) in [6, 6.07) is 19.1. The van der Waals surface area contributed by atoms with Crippen molar-refractivity contribution in [3.63, 3.8) is 0 Å². The van der Waals surface area contributed by atoms with Crippen LogP contribution in [0.3, 0.4) is 0 Å². The topological polar surface area (TPSA) is 86.8 Å². The monoisotopic (exact) mass is 603 g/mol. The first-order chi connectivity index (χ1) is 18.9. The van der Waals surface area contributed by atoms with E-state index in [-0.39, 0.29) is 39.0 Å². The molecule has 0 aliphatic rings. The minimum Gasteiger partial charge on any atom is -0.354 e. The van der Waals surface area contributed by atoms with Crippen LogP contribution in [0.15, 0.2) is 77.7 Å². The van der Waals surface area contributed by atoms with Gasteiger partial charge in [-0.3, -0.25) is 13.9 Å². The summed E-state index contributed by atoms with van der Waals surface area (Å²) in [6.45, 7) is 7.79. The molecule has 3 aromatic carbocycles. The molecule has 2 amide bonds. The van der Waals surface area contributed by atoms with Gasteiger partial charge in [-0.25, -0.2) is 8.42 Å². The van der Waals surface area contributed by atoms with E-state index in [0.29, 0.717) is 13.0 Å². The Bertz CT molecular complexity index is 1430. The Morgan fingerprint density at radius 2 is 1.62 bits per heavy atom. The van der Waals surface area contributed by atoms with Crippen LogP contribution in [0.5, 0.6) is 0 Å². The van der Waals surface area contributed by atoms with Crippen LogP contribution in [-0.2, 0) is 26.2 Å². The number of anilines is 1. The Balaban J connectivity index is 2.06. The molecule has 7 nitrogen and oxygen atoms in total. The van der Waals surface area contributed by atoms with E-state index in [4.69, 9.17) is 23.2 Å². The van der Waals surface area contributed by atoms with Gasteiger partial charge >= 0.3 is 0 Å². The minimum absolute atomic E-state index is 0.0147. The first-order valence-corrected chi connectivity index (χ1v) is 15.3. The second-order valence-corrected chi connectivity index (χ2v) is 12.7. The summed E-state index contributed by atoms with van der Waals surface area (Å²) in [4.78, 5) is 28.8. The molecule has 0 bridgehead atoms. The van der Waals surface area contributed by atoms with Crippen molar-refractivity contribution >= 4 is 50.7 Å². The lowest BCUT2D eigenvalue weighted by Gasteiger charge is -2.33. The van der Waals surface area contributed by atoms with Crippen molar-refractivity contribution in [1.29, 1.82) is 0 Å². The van der Waals surface area contributed by atoms with Crippen LogP contribution in [0.25, 0.3) is 0 Å². The van der Waals surface area contributed by atoms with Gasteiger partial charge in [-0.1, -0.05) is 92.0 Å². The lowest BCUT2D eigenvalue weighted by molar-refractivity contribution is -0.140. The number of nitrogens with zero attached hydrogens (tertiary/aromatic N) is 2. The fourth-order valence-corrected chi connectivity index (χ4v) is 5.96. The summed E-state index contributed by atoms with van der Waals surface area (Å²) < 4.78 is 28.7. The van der Waals surface area contributed by atoms with Crippen LogP contribution in [0, 0.1) is 12.8 Å². The Hall–Kier alpha value is -3.07. The van der Waals surface area contributed by atoms with E-state index < -0.39 is 28.5 Å². The number of nitrogens with one attached hydrogen (secondary N) is 1. The minimum atomic E-state index is -4.18. The predicted molar refractivity (Wildman–Crippen MR) is 161 cm³/mol. The maximum Gasteiger partial charge on any atom is 0.264 e. The lowest BCUT2D eigenvalue weighted by Crippen LogP contribution is -2.52. The molecule has 0 heterocycles. The molecular formula is C30H35Cl2N3O4S. The third-order valence-electron chi connectivity index (χ3n) is 6.31. The number of benzene rings is 3. The lowest BCUT2D eigenvalue weighted by atomic mass is 10.1. The summed E-state index contributed by atoms with van der Waals surface area (Å²) in [5.41, 5.74) is 2.01. The van der Waals surface area contributed by atoms with E-state index in [2.05, 4.69) is 5.32 Å². The summed E-state index contributed by atoms with van der Waals surface area (Å²) in [6.07, 6.45) is 0.347. The highest BCUT2D eigenvalue weighted by atomic mass is 35.5. The summed E-state index contributed by atoms with van der Waals surface area (Å²) >= 11 is 12.4. The Kier molecular flexibility index (Phi) is 11.0. The number of carbonyl (C=O) groups excluding carboxylic acids is 2. The number of sulfonamides is 1. The van der Waals surface area contributed by atoms with E-state index in [0.717, 1.165) is 15.4 Å². The first kappa shape index (κ1) is 31.5. The van der Waals surface area contributed by atoms with Gasteiger partial charge in [0.15, 0.2) is 0 Å². The molecule has 0 aliphatic carbocycles. The van der Waals surface area contributed by atoms with Crippen molar-refractivity contribution in [2.24, 2.45) is 5.92 Å². The van der Waals surface area contributed by atoms with Crippen LogP contribution < -0.4 is 9.62 Å². The van der Waals surface area contributed by atoms with Gasteiger partial charge in [0.2, 0.25) is 11.8 Å². The van der Waals surface area contributed by atoms with Gasteiger partial charge in [-0.15, -0.1) is 0 Å². The van der Waals surface area contributed by atoms with Crippen molar-refractivity contribution in [2.45, 2.75) is 51.6 Å².